The molecule has 76 valence electrons. The van der Waals surface area contributed by atoms with Crippen LogP contribution in [0.15, 0.2) is 12.1 Å². The van der Waals surface area contributed by atoms with E-state index in [2.05, 4.69) is 22.6 Å². The lowest BCUT2D eigenvalue weighted by molar-refractivity contribution is 0.171. The highest BCUT2D eigenvalue weighted by molar-refractivity contribution is 14.1. The summed E-state index contributed by atoms with van der Waals surface area (Å²) < 4.78 is 16.9. The SMILES string of the molecule is COc1cc(CCI)cc2c1OCO2. The van der Waals surface area contributed by atoms with Gasteiger partial charge in [-0.2, -0.15) is 0 Å². The molecule has 0 saturated carbocycles. The van der Waals surface area contributed by atoms with Crippen molar-refractivity contribution in [1.82, 2.24) is 0 Å². The predicted octanol–water partition coefficient (Wildman–Crippen LogP) is 2.40. The zero-order valence-corrected chi connectivity index (χ0v) is 10.0. The van der Waals surface area contributed by atoms with Gasteiger partial charge < -0.3 is 14.2 Å². The van der Waals surface area contributed by atoms with Crippen LogP contribution in [-0.2, 0) is 6.42 Å². The normalized spacial score (nSPS) is 13.0. The molecular weight excluding hydrogens is 295 g/mol. The van der Waals surface area contributed by atoms with Crippen LogP contribution in [0.5, 0.6) is 17.2 Å². The topological polar surface area (TPSA) is 27.7 Å². The minimum absolute atomic E-state index is 0.291. The van der Waals surface area contributed by atoms with E-state index in [0.29, 0.717) is 6.79 Å². The Labute approximate surface area is 96.5 Å². The number of methoxy groups -OCH3 is 1. The number of aryl methyl sites for hydroxylation is 1. The number of halogens is 1. The van der Waals surface area contributed by atoms with E-state index in [1.807, 2.05) is 12.1 Å². The summed E-state index contributed by atoms with van der Waals surface area (Å²) >= 11 is 2.35. The van der Waals surface area contributed by atoms with Crippen LogP contribution >= 0.6 is 22.6 Å². The fraction of sp³-hybridized carbons (Fsp3) is 0.400. The monoisotopic (exact) mass is 306 g/mol. The maximum Gasteiger partial charge on any atom is 0.231 e. The van der Waals surface area contributed by atoms with Crippen molar-refractivity contribution in [2.75, 3.05) is 18.3 Å². The molecule has 0 amide bonds. The number of alkyl halides is 1. The van der Waals surface area contributed by atoms with E-state index in [4.69, 9.17) is 14.2 Å². The first kappa shape index (κ1) is 9.89. The Morgan fingerprint density at radius 3 is 3.00 bits per heavy atom. The summed E-state index contributed by atoms with van der Waals surface area (Å²) in [7, 11) is 1.64. The molecule has 14 heavy (non-hydrogen) atoms. The van der Waals surface area contributed by atoms with Crippen LogP contribution in [0.3, 0.4) is 0 Å². The largest absolute Gasteiger partial charge is 0.493 e. The molecule has 1 aromatic carbocycles. The smallest absolute Gasteiger partial charge is 0.231 e. The Morgan fingerprint density at radius 2 is 2.29 bits per heavy atom. The summed E-state index contributed by atoms with van der Waals surface area (Å²) in [6, 6.07) is 4.02. The molecule has 0 radical (unpaired) electrons. The van der Waals surface area contributed by atoms with E-state index in [1.165, 1.54) is 5.56 Å². The lowest BCUT2D eigenvalue weighted by atomic mass is 10.1. The average molecular weight is 306 g/mol. The second-order valence-electron chi connectivity index (χ2n) is 2.97. The first-order valence-electron chi connectivity index (χ1n) is 4.37. The van der Waals surface area contributed by atoms with Crippen LogP contribution in [0.1, 0.15) is 5.56 Å². The summed E-state index contributed by atoms with van der Waals surface area (Å²) in [6.07, 6.45) is 1.02. The molecule has 4 heteroatoms. The average Bonchev–Trinajstić information content (AvgIpc) is 2.65. The van der Waals surface area contributed by atoms with Gasteiger partial charge in [-0.05, 0) is 24.1 Å². The predicted molar refractivity (Wildman–Crippen MR) is 61.7 cm³/mol. The van der Waals surface area contributed by atoms with Gasteiger partial charge in [0.1, 0.15) is 0 Å². The zero-order chi connectivity index (χ0) is 9.97. The first-order valence-corrected chi connectivity index (χ1v) is 5.90. The van der Waals surface area contributed by atoms with Crippen LogP contribution in [0, 0.1) is 0 Å². The van der Waals surface area contributed by atoms with Gasteiger partial charge in [-0.1, -0.05) is 22.6 Å². The first-order chi connectivity index (χ1) is 6.85. The van der Waals surface area contributed by atoms with E-state index < -0.39 is 0 Å². The lowest BCUT2D eigenvalue weighted by Crippen LogP contribution is -1.93. The van der Waals surface area contributed by atoms with Crippen molar-refractivity contribution in [1.29, 1.82) is 0 Å². The number of hydrogen-bond donors (Lipinski definition) is 0. The number of fused-ring (bicyclic) bond motifs is 1. The summed E-state index contributed by atoms with van der Waals surface area (Å²) in [5.74, 6) is 2.29. The van der Waals surface area contributed by atoms with Crippen LogP contribution in [0.25, 0.3) is 0 Å². The quantitative estimate of drug-likeness (QED) is 0.634. The Balaban J connectivity index is 2.39. The Hall–Kier alpha value is -0.650. The second kappa shape index (κ2) is 4.25. The molecule has 1 aliphatic rings. The van der Waals surface area contributed by atoms with Gasteiger partial charge in [0, 0.05) is 4.43 Å². The molecule has 0 unspecified atom stereocenters. The molecule has 1 aliphatic heterocycles. The molecule has 0 bridgehead atoms. The molecule has 0 atom stereocenters. The maximum atomic E-state index is 5.32. The minimum atomic E-state index is 0.291. The minimum Gasteiger partial charge on any atom is -0.493 e. The Bertz CT molecular complexity index is 338. The van der Waals surface area contributed by atoms with Crippen molar-refractivity contribution in [3.05, 3.63) is 17.7 Å². The highest BCUT2D eigenvalue weighted by Gasteiger charge is 2.19. The van der Waals surface area contributed by atoms with Crippen molar-refractivity contribution in [3.8, 4) is 17.2 Å². The van der Waals surface area contributed by atoms with Crippen molar-refractivity contribution >= 4 is 22.6 Å². The molecule has 0 fully saturated rings. The third-order valence-corrected chi connectivity index (χ3v) is 2.64. The van der Waals surface area contributed by atoms with Gasteiger partial charge in [0.15, 0.2) is 11.5 Å². The lowest BCUT2D eigenvalue weighted by Gasteiger charge is -2.06. The Kier molecular flexibility index (Phi) is 3.00. The second-order valence-corrected chi connectivity index (χ2v) is 4.05. The van der Waals surface area contributed by atoms with Gasteiger partial charge in [-0.3, -0.25) is 0 Å². The molecule has 0 aliphatic carbocycles. The molecule has 3 nitrogen and oxygen atoms in total. The molecule has 0 N–H and O–H groups in total. The van der Waals surface area contributed by atoms with Gasteiger partial charge >= 0.3 is 0 Å². The number of rotatable bonds is 3. The molecule has 1 aromatic rings. The van der Waals surface area contributed by atoms with E-state index in [1.54, 1.807) is 7.11 Å². The summed E-state index contributed by atoms with van der Waals surface area (Å²) in [6.45, 7) is 0.291. The fourth-order valence-corrected chi connectivity index (χ4v) is 2.06. The van der Waals surface area contributed by atoms with Crippen molar-refractivity contribution in [2.24, 2.45) is 0 Å². The van der Waals surface area contributed by atoms with Gasteiger partial charge in [0.2, 0.25) is 12.5 Å². The van der Waals surface area contributed by atoms with Crippen molar-refractivity contribution in [3.63, 3.8) is 0 Å². The standard InChI is InChI=1S/C10H11IO3/c1-12-8-4-7(2-3-11)5-9-10(8)14-6-13-9/h4-5H,2-3,6H2,1H3. The van der Waals surface area contributed by atoms with Crippen LogP contribution in [-0.4, -0.2) is 18.3 Å². The highest BCUT2D eigenvalue weighted by atomic mass is 127. The van der Waals surface area contributed by atoms with Crippen LogP contribution in [0.2, 0.25) is 0 Å². The molecule has 0 aromatic heterocycles. The van der Waals surface area contributed by atoms with Crippen molar-refractivity contribution in [2.45, 2.75) is 6.42 Å². The summed E-state index contributed by atoms with van der Waals surface area (Å²) in [5, 5.41) is 0. The third-order valence-electron chi connectivity index (χ3n) is 2.10. The Morgan fingerprint density at radius 1 is 1.43 bits per heavy atom. The van der Waals surface area contributed by atoms with Gasteiger partial charge in [-0.25, -0.2) is 0 Å². The number of benzene rings is 1. The number of ether oxygens (including phenoxy) is 3. The van der Waals surface area contributed by atoms with Crippen LogP contribution in [0.4, 0.5) is 0 Å². The molecular formula is C10H11IO3. The molecule has 2 rings (SSSR count). The van der Waals surface area contributed by atoms with Gasteiger partial charge in [-0.15, -0.1) is 0 Å². The third kappa shape index (κ3) is 1.75. The van der Waals surface area contributed by atoms with Crippen molar-refractivity contribution < 1.29 is 14.2 Å². The van der Waals surface area contributed by atoms with Gasteiger partial charge in [0.05, 0.1) is 7.11 Å². The highest BCUT2D eigenvalue weighted by Crippen LogP contribution is 2.41. The van der Waals surface area contributed by atoms with E-state index in [0.717, 1.165) is 28.1 Å². The van der Waals surface area contributed by atoms with Crippen LogP contribution < -0.4 is 14.2 Å². The fourth-order valence-electron chi connectivity index (χ4n) is 1.44. The molecule has 1 heterocycles. The molecule has 0 spiro atoms. The summed E-state index contributed by atoms with van der Waals surface area (Å²) in [4.78, 5) is 0. The summed E-state index contributed by atoms with van der Waals surface area (Å²) in [5.41, 5.74) is 1.22. The zero-order valence-electron chi connectivity index (χ0n) is 7.88. The maximum absolute atomic E-state index is 5.32. The van der Waals surface area contributed by atoms with E-state index >= 15 is 0 Å². The number of hydrogen-bond acceptors (Lipinski definition) is 3. The molecule has 0 saturated heterocycles. The van der Waals surface area contributed by atoms with E-state index in [9.17, 15) is 0 Å². The van der Waals surface area contributed by atoms with E-state index in [-0.39, 0.29) is 0 Å². The van der Waals surface area contributed by atoms with Gasteiger partial charge in [0.25, 0.3) is 0 Å².